The van der Waals surface area contributed by atoms with Crippen LogP contribution >= 0.6 is 0 Å². The van der Waals surface area contributed by atoms with E-state index in [1.807, 2.05) is 0 Å². The Bertz CT molecular complexity index is 1390. The van der Waals surface area contributed by atoms with Gasteiger partial charge in [-0.15, -0.1) is 0 Å². The van der Waals surface area contributed by atoms with Crippen LogP contribution in [0.2, 0.25) is 207 Å². The second kappa shape index (κ2) is 33.1. The maximum atomic E-state index is 11.3. The SMILES string of the molecule is C[Si](C)(C)O[Si](C)(CCCCO[C@H]([C@H](OCCCC[Si](C)(O[Si](C)(C)C)O[Si](C)(C)C)[C@H](CO)OCCCC[Si](C)(O[Si](C)(C)C)O[Si](C)(C)C)[C@H](CO)OCCCC[Si](C)(O[Si](C)(C)C)O[Si](C)(C)C)O[Si](C)(C)C. The summed E-state index contributed by atoms with van der Waals surface area (Å²) in [5, 5.41) is 22.6. The zero-order valence-electron chi connectivity index (χ0n) is 54.8. The lowest BCUT2D eigenvalue weighted by atomic mass is 10.0. The predicted octanol–water partition coefficient (Wildman–Crippen LogP) is 14.7. The van der Waals surface area contributed by atoms with Crippen LogP contribution in [0.25, 0.3) is 0 Å². The van der Waals surface area contributed by atoms with Crippen molar-refractivity contribution in [1.29, 1.82) is 0 Å². The van der Waals surface area contributed by atoms with E-state index in [-0.39, 0.29) is 13.2 Å². The molecule has 0 amide bonds. The number of hydrogen-bond donors (Lipinski definition) is 2. The molecule has 0 aliphatic rings. The Kier molecular flexibility index (Phi) is 34.0. The van der Waals surface area contributed by atoms with E-state index in [1.54, 1.807) is 0 Å². The van der Waals surface area contributed by atoms with Crippen LogP contribution in [-0.2, 0) is 51.9 Å². The van der Waals surface area contributed by atoms with E-state index in [0.29, 0.717) is 26.4 Å². The summed E-state index contributed by atoms with van der Waals surface area (Å²) in [7, 11) is -24.7. The first-order valence-electron chi connectivity index (χ1n) is 29.2. The lowest BCUT2D eigenvalue weighted by molar-refractivity contribution is -0.191. The molecule has 0 radical (unpaired) electrons. The van der Waals surface area contributed by atoms with Crippen LogP contribution in [0.15, 0.2) is 0 Å². The van der Waals surface area contributed by atoms with Gasteiger partial charge >= 0.3 is 34.2 Å². The fourth-order valence-electron chi connectivity index (χ4n) is 10.1. The molecule has 0 aromatic heterocycles. The van der Waals surface area contributed by atoms with E-state index in [2.05, 4.69) is 183 Å². The van der Waals surface area contributed by atoms with Crippen LogP contribution in [0.3, 0.4) is 0 Å². The lowest BCUT2D eigenvalue weighted by Gasteiger charge is -2.39. The molecule has 0 bridgehead atoms. The lowest BCUT2D eigenvalue weighted by Crippen LogP contribution is -2.53. The van der Waals surface area contributed by atoms with E-state index in [1.165, 1.54) is 0 Å². The number of ether oxygens (including phenoxy) is 4. The molecule has 14 nitrogen and oxygen atoms in total. The summed E-state index contributed by atoms with van der Waals surface area (Å²) in [5.41, 5.74) is 0. The molecule has 458 valence electrons. The number of unbranched alkanes of at least 4 members (excludes halogenated alkanes) is 4. The van der Waals surface area contributed by atoms with E-state index < -0.39 is 125 Å². The molecule has 0 rings (SSSR count). The maximum absolute atomic E-state index is 11.3. The van der Waals surface area contributed by atoms with Gasteiger partial charge in [-0.05, 0) is 259 Å². The van der Waals surface area contributed by atoms with Crippen molar-refractivity contribution in [3.05, 3.63) is 0 Å². The highest BCUT2D eigenvalue weighted by Crippen LogP contribution is 2.31. The maximum Gasteiger partial charge on any atom is 0.314 e. The van der Waals surface area contributed by atoms with Gasteiger partial charge in [0.1, 0.15) is 24.4 Å². The van der Waals surface area contributed by atoms with Gasteiger partial charge in [-0.3, -0.25) is 0 Å². The van der Waals surface area contributed by atoms with Gasteiger partial charge in [0.25, 0.3) is 0 Å². The molecule has 0 aromatic rings. The molecule has 76 heavy (non-hydrogen) atoms. The zero-order valence-corrected chi connectivity index (χ0v) is 66.8. The normalized spacial score (nSPS) is 16.3. The first kappa shape index (κ1) is 78.0. The van der Waals surface area contributed by atoms with Gasteiger partial charge in [0.15, 0.2) is 66.5 Å². The molecular formula is C50H126O14Si12. The van der Waals surface area contributed by atoms with Crippen LogP contribution in [-0.4, -0.2) is 175 Å². The summed E-state index contributed by atoms with van der Waals surface area (Å²) >= 11 is 0. The van der Waals surface area contributed by atoms with E-state index in [4.69, 9.17) is 51.9 Å². The highest BCUT2D eigenvalue weighted by atomic mass is 28.5. The molecule has 4 atom stereocenters. The predicted molar refractivity (Wildman–Crippen MR) is 351 cm³/mol. The third kappa shape index (κ3) is 41.1. The van der Waals surface area contributed by atoms with Crippen molar-refractivity contribution in [1.82, 2.24) is 0 Å². The van der Waals surface area contributed by atoms with E-state index >= 15 is 0 Å². The van der Waals surface area contributed by atoms with Crippen molar-refractivity contribution in [2.75, 3.05) is 39.6 Å². The van der Waals surface area contributed by atoms with Gasteiger partial charge in [0.05, 0.1) is 13.2 Å². The molecule has 0 aliphatic carbocycles. The highest BCUT2D eigenvalue weighted by Gasteiger charge is 2.44. The van der Waals surface area contributed by atoms with Crippen LogP contribution in [0.5, 0.6) is 0 Å². The van der Waals surface area contributed by atoms with Crippen molar-refractivity contribution in [3.63, 3.8) is 0 Å². The molecule has 26 heteroatoms. The van der Waals surface area contributed by atoms with E-state index in [0.717, 1.165) is 75.5 Å². The first-order chi connectivity index (χ1) is 33.9. The Labute approximate surface area is 482 Å². The molecule has 2 N–H and O–H groups in total. The standard InChI is InChI=1S/C50H126O14Si12/c1-65(2,3)57-73(25,58-66(4,5)6)41-33-29-37-53-47(45-51)49(55-39-31-35-43-75(27,61-69(13,14)15)62-70(16,17)18)50(56-40-32-36-44-76(28,63-71(19,20)21)64-72(22,23)24)48(46-52)54-38-30-34-42-74(26,59-67(7,8)9)60-68(10,11)12/h47-52H,29-46H2,1-28H3/t47-,48-,49-,50+/m0/s1. The molecular weight excluding hydrogens is 1160 g/mol. The van der Waals surface area contributed by atoms with Gasteiger partial charge in [0, 0.05) is 26.4 Å². The third-order valence-corrected chi connectivity index (χ3v) is 49.4. The summed E-state index contributed by atoms with van der Waals surface area (Å²) in [5.74, 6) is 0. The smallest absolute Gasteiger partial charge is 0.314 e. The quantitative estimate of drug-likeness (QED) is 0.0439. The van der Waals surface area contributed by atoms with Crippen LogP contribution in [0.1, 0.15) is 51.4 Å². The second-order valence-electron chi connectivity index (χ2n) is 29.9. The monoisotopic (exact) mass is 1290 g/mol. The number of rotatable bonds is 45. The third-order valence-electron chi connectivity index (χ3n) is 11.0. The Hall–Kier alpha value is 2.04. The van der Waals surface area contributed by atoms with Gasteiger partial charge in [0.2, 0.25) is 0 Å². The largest absolute Gasteiger partial charge is 0.437 e. The Balaban J connectivity index is 7.03. The minimum absolute atomic E-state index is 0.283. The number of aliphatic hydroxyl groups excluding tert-OH is 2. The zero-order chi connectivity index (χ0) is 59.5. The number of hydrogen-bond acceptors (Lipinski definition) is 14. The average molecular weight is 1290 g/mol. The van der Waals surface area contributed by atoms with Crippen molar-refractivity contribution >= 4 is 101 Å². The number of aliphatic hydroxyl groups is 2. The molecule has 0 aromatic carbocycles. The fraction of sp³-hybridized carbons (Fsp3) is 1.00. The summed E-state index contributed by atoms with van der Waals surface area (Å²) < 4.78 is 82.0. The summed E-state index contributed by atoms with van der Waals surface area (Å²) in [6.07, 6.45) is 3.62. The summed E-state index contributed by atoms with van der Waals surface area (Å²) in [4.78, 5) is 0. The molecule has 0 fully saturated rings. The topological polar surface area (TPSA) is 151 Å². The van der Waals surface area contributed by atoms with Crippen molar-refractivity contribution in [2.45, 2.75) is 283 Å². The average Bonchev–Trinajstić information content (AvgIpc) is 3.12. The van der Waals surface area contributed by atoms with Gasteiger partial charge < -0.3 is 62.1 Å². The summed E-state index contributed by atoms with van der Waals surface area (Å²) in [6.45, 7) is 63.7. The molecule has 0 spiro atoms. The minimum Gasteiger partial charge on any atom is -0.437 e. The van der Waals surface area contributed by atoms with Crippen molar-refractivity contribution < 1.29 is 62.1 Å². The minimum atomic E-state index is -2.47. The Morgan fingerprint density at radius 2 is 0.395 bits per heavy atom. The Morgan fingerprint density at radius 3 is 0.539 bits per heavy atom. The van der Waals surface area contributed by atoms with Crippen LogP contribution in [0.4, 0.5) is 0 Å². The summed E-state index contributed by atoms with van der Waals surface area (Å²) in [6, 6.07) is 3.47. The Morgan fingerprint density at radius 1 is 0.237 bits per heavy atom. The highest BCUT2D eigenvalue weighted by molar-refractivity contribution is 6.90. The molecule has 0 unspecified atom stereocenters. The van der Waals surface area contributed by atoms with Crippen LogP contribution < -0.4 is 0 Å². The second-order valence-corrected chi connectivity index (χ2v) is 81.3. The van der Waals surface area contributed by atoms with Gasteiger partial charge in [-0.25, -0.2) is 0 Å². The van der Waals surface area contributed by atoms with E-state index in [9.17, 15) is 10.2 Å². The molecule has 0 saturated carbocycles. The van der Waals surface area contributed by atoms with Crippen molar-refractivity contribution in [2.24, 2.45) is 0 Å². The first-order valence-corrected chi connectivity index (χ1v) is 66.6. The van der Waals surface area contributed by atoms with Crippen LogP contribution in [0, 0.1) is 0 Å². The molecule has 0 aliphatic heterocycles. The van der Waals surface area contributed by atoms with Gasteiger partial charge in [-0.1, -0.05) is 0 Å². The molecule has 0 heterocycles. The fourth-order valence-corrected chi connectivity index (χ4v) is 60.6. The van der Waals surface area contributed by atoms with Gasteiger partial charge in [-0.2, -0.15) is 0 Å². The van der Waals surface area contributed by atoms with Crippen molar-refractivity contribution in [3.8, 4) is 0 Å². The molecule has 0 saturated heterocycles.